The number of hydrogen-bond donors (Lipinski definition) is 1. The van der Waals surface area contributed by atoms with Gasteiger partial charge in [-0.25, -0.2) is 0 Å². The highest BCUT2D eigenvalue weighted by Crippen LogP contribution is 2.18. The summed E-state index contributed by atoms with van der Waals surface area (Å²) in [6.45, 7) is 5.60. The van der Waals surface area contributed by atoms with E-state index < -0.39 is 0 Å². The molecule has 102 valence electrons. The number of aryl methyl sites for hydroxylation is 1. The average molecular weight is 259 g/mol. The van der Waals surface area contributed by atoms with Crippen LogP contribution in [0.15, 0.2) is 24.3 Å². The van der Waals surface area contributed by atoms with Crippen LogP contribution in [0.5, 0.6) is 0 Å². The first-order chi connectivity index (χ1) is 9.38. The van der Waals surface area contributed by atoms with E-state index in [1.54, 1.807) is 0 Å². The summed E-state index contributed by atoms with van der Waals surface area (Å²) in [5.74, 6) is 0. The van der Waals surface area contributed by atoms with Crippen molar-refractivity contribution in [1.82, 2.24) is 15.1 Å². The van der Waals surface area contributed by atoms with Crippen LogP contribution in [0.25, 0.3) is 10.9 Å². The Morgan fingerprint density at radius 2 is 2.32 bits per heavy atom. The summed E-state index contributed by atoms with van der Waals surface area (Å²) in [7, 11) is 0. The number of nitrogens with zero attached hydrogens (tertiary/aromatic N) is 2. The summed E-state index contributed by atoms with van der Waals surface area (Å²) in [6.07, 6.45) is 2.36. The normalized spacial score (nSPS) is 19.9. The highest BCUT2D eigenvalue weighted by atomic mass is 16.5. The molecule has 2 aromatic rings. The SMILES string of the molecule is CCn1nc(CN[C@H]2CCCOC2)c2ccccc21. The van der Waals surface area contributed by atoms with Crippen LogP contribution in [-0.4, -0.2) is 29.0 Å². The summed E-state index contributed by atoms with van der Waals surface area (Å²) >= 11 is 0. The van der Waals surface area contributed by atoms with Crippen molar-refractivity contribution in [1.29, 1.82) is 0 Å². The Balaban J connectivity index is 1.76. The minimum atomic E-state index is 0.472. The largest absolute Gasteiger partial charge is 0.380 e. The van der Waals surface area contributed by atoms with E-state index in [1.807, 2.05) is 0 Å². The molecule has 1 aromatic carbocycles. The summed E-state index contributed by atoms with van der Waals surface area (Å²) in [5.41, 5.74) is 2.37. The van der Waals surface area contributed by atoms with E-state index >= 15 is 0 Å². The molecule has 0 bridgehead atoms. The molecule has 4 nitrogen and oxygen atoms in total. The van der Waals surface area contributed by atoms with Gasteiger partial charge < -0.3 is 10.1 Å². The molecule has 1 N–H and O–H groups in total. The van der Waals surface area contributed by atoms with Crippen LogP contribution < -0.4 is 5.32 Å². The molecule has 3 rings (SSSR count). The van der Waals surface area contributed by atoms with Gasteiger partial charge in [0, 0.05) is 31.1 Å². The fourth-order valence-electron chi connectivity index (χ4n) is 2.71. The van der Waals surface area contributed by atoms with Crippen molar-refractivity contribution in [3.8, 4) is 0 Å². The number of hydrogen-bond acceptors (Lipinski definition) is 3. The molecule has 1 atom stereocenters. The Hall–Kier alpha value is -1.39. The maximum atomic E-state index is 5.50. The van der Waals surface area contributed by atoms with E-state index in [0.29, 0.717) is 6.04 Å². The first-order valence-electron chi connectivity index (χ1n) is 7.14. The van der Waals surface area contributed by atoms with Crippen LogP contribution in [0, 0.1) is 0 Å². The molecule has 19 heavy (non-hydrogen) atoms. The predicted octanol–water partition coefficient (Wildman–Crippen LogP) is 2.32. The molecule has 1 aliphatic rings. The van der Waals surface area contributed by atoms with Gasteiger partial charge in [-0.05, 0) is 25.8 Å². The third-order valence-corrected chi connectivity index (χ3v) is 3.75. The van der Waals surface area contributed by atoms with Crippen LogP contribution >= 0.6 is 0 Å². The predicted molar refractivity (Wildman–Crippen MR) is 76.1 cm³/mol. The number of fused-ring (bicyclic) bond motifs is 1. The number of nitrogens with one attached hydrogen (secondary N) is 1. The number of ether oxygens (including phenoxy) is 1. The molecular weight excluding hydrogens is 238 g/mol. The lowest BCUT2D eigenvalue weighted by Crippen LogP contribution is -2.36. The Bertz CT molecular complexity index is 543. The highest BCUT2D eigenvalue weighted by Gasteiger charge is 2.15. The van der Waals surface area contributed by atoms with Crippen molar-refractivity contribution in [3.63, 3.8) is 0 Å². The second-order valence-electron chi connectivity index (χ2n) is 5.07. The zero-order chi connectivity index (χ0) is 13.1. The number of para-hydroxylation sites is 1. The zero-order valence-electron chi connectivity index (χ0n) is 11.4. The molecule has 0 saturated carbocycles. The molecule has 4 heteroatoms. The summed E-state index contributed by atoms with van der Waals surface area (Å²) < 4.78 is 7.57. The third-order valence-electron chi connectivity index (χ3n) is 3.75. The van der Waals surface area contributed by atoms with Gasteiger partial charge in [0.1, 0.15) is 0 Å². The molecule has 1 aliphatic heterocycles. The lowest BCUT2D eigenvalue weighted by Gasteiger charge is -2.22. The maximum Gasteiger partial charge on any atom is 0.0841 e. The number of benzene rings is 1. The van der Waals surface area contributed by atoms with Crippen LogP contribution in [0.3, 0.4) is 0 Å². The van der Waals surface area contributed by atoms with Gasteiger partial charge in [0.05, 0.1) is 17.8 Å². The van der Waals surface area contributed by atoms with E-state index in [2.05, 4.69) is 41.2 Å². The van der Waals surface area contributed by atoms with E-state index in [0.717, 1.165) is 38.4 Å². The molecule has 0 spiro atoms. The summed E-state index contributed by atoms with van der Waals surface area (Å²) in [6, 6.07) is 8.92. The van der Waals surface area contributed by atoms with Gasteiger partial charge in [0.15, 0.2) is 0 Å². The molecule has 0 aliphatic carbocycles. The zero-order valence-corrected chi connectivity index (χ0v) is 11.4. The maximum absolute atomic E-state index is 5.50. The van der Waals surface area contributed by atoms with Crippen molar-refractivity contribution in [3.05, 3.63) is 30.0 Å². The fraction of sp³-hybridized carbons (Fsp3) is 0.533. The van der Waals surface area contributed by atoms with Gasteiger partial charge in [-0.1, -0.05) is 18.2 Å². The lowest BCUT2D eigenvalue weighted by molar-refractivity contribution is 0.0698. The van der Waals surface area contributed by atoms with Crippen LogP contribution in [0.1, 0.15) is 25.5 Å². The van der Waals surface area contributed by atoms with Gasteiger partial charge in [-0.3, -0.25) is 4.68 Å². The van der Waals surface area contributed by atoms with Crippen molar-refractivity contribution < 1.29 is 4.74 Å². The molecule has 1 saturated heterocycles. The van der Waals surface area contributed by atoms with Gasteiger partial charge in [0.25, 0.3) is 0 Å². The lowest BCUT2D eigenvalue weighted by atomic mass is 10.1. The van der Waals surface area contributed by atoms with E-state index in [-0.39, 0.29) is 0 Å². The Kier molecular flexibility index (Phi) is 3.80. The molecular formula is C15H21N3O. The van der Waals surface area contributed by atoms with Crippen LogP contribution in [-0.2, 0) is 17.8 Å². The Morgan fingerprint density at radius 3 is 3.11 bits per heavy atom. The first-order valence-corrected chi connectivity index (χ1v) is 7.14. The topological polar surface area (TPSA) is 39.1 Å². The van der Waals surface area contributed by atoms with Crippen LogP contribution in [0.4, 0.5) is 0 Å². The number of aromatic nitrogens is 2. The minimum absolute atomic E-state index is 0.472. The van der Waals surface area contributed by atoms with Crippen molar-refractivity contribution in [2.75, 3.05) is 13.2 Å². The third kappa shape index (κ3) is 2.65. The Labute approximate surface area is 113 Å². The molecule has 0 radical (unpaired) electrons. The van der Waals surface area contributed by atoms with Gasteiger partial charge in [-0.2, -0.15) is 5.10 Å². The molecule has 0 unspecified atom stereocenters. The van der Waals surface area contributed by atoms with Crippen molar-refractivity contribution >= 4 is 10.9 Å². The second-order valence-corrected chi connectivity index (χ2v) is 5.07. The quantitative estimate of drug-likeness (QED) is 0.916. The van der Waals surface area contributed by atoms with Crippen LogP contribution in [0.2, 0.25) is 0 Å². The molecule has 1 fully saturated rings. The second kappa shape index (κ2) is 5.72. The molecule has 0 amide bonds. The molecule has 1 aromatic heterocycles. The standard InChI is InChI=1S/C15H21N3O/c1-2-18-15-8-4-3-7-13(15)14(17-18)10-16-12-6-5-9-19-11-12/h3-4,7-8,12,16H,2,5-6,9-11H2,1H3/t12-/m0/s1. The van der Waals surface area contributed by atoms with E-state index in [1.165, 1.54) is 17.3 Å². The summed E-state index contributed by atoms with van der Waals surface area (Å²) in [5, 5.41) is 9.53. The average Bonchev–Trinajstić information content (AvgIpc) is 2.84. The van der Waals surface area contributed by atoms with Gasteiger partial charge >= 0.3 is 0 Å². The van der Waals surface area contributed by atoms with Crippen molar-refractivity contribution in [2.24, 2.45) is 0 Å². The summed E-state index contributed by atoms with van der Waals surface area (Å²) in [4.78, 5) is 0. The van der Waals surface area contributed by atoms with Gasteiger partial charge in [-0.15, -0.1) is 0 Å². The van der Waals surface area contributed by atoms with Crippen molar-refractivity contribution in [2.45, 2.75) is 38.9 Å². The Morgan fingerprint density at radius 1 is 1.42 bits per heavy atom. The minimum Gasteiger partial charge on any atom is -0.380 e. The monoisotopic (exact) mass is 259 g/mol. The van der Waals surface area contributed by atoms with E-state index in [9.17, 15) is 0 Å². The number of rotatable bonds is 4. The first kappa shape index (κ1) is 12.6. The fourth-order valence-corrected chi connectivity index (χ4v) is 2.71. The van der Waals surface area contributed by atoms with E-state index in [4.69, 9.17) is 9.84 Å². The van der Waals surface area contributed by atoms with Gasteiger partial charge in [0.2, 0.25) is 0 Å². The molecule has 2 heterocycles. The smallest absolute Gasteiger partial charge is 0.0841 e. The highest BCUT2D eigenvalue weighted by molar-refractivity contribution is 5.81.